The van der Waals surface area contributed by atoms with Gasteiger partial charge in [0.2, 0.25) is 0 Å². The number of hydrogen-bond acceptors (Lipinski definition) is 3. The van der Waals surface area contributed by atoms with Crippen molar-refractivity contribution in [2.45, 2.75) is 6.42 Å². The first-order valence-corrected chi connectivity index (χ1v) is 5.03. The number of benzene rings is 1. The lowest BCUT2D eigenvalue weighted by Crippen LogP contribution is -2.04. The molecule has 0 radical (unpaired) electrons. The molecule has 2 aromatic rings. The topological polar surface area (TPSA) is 56.0 Å². The molecule has 0 spiro atoms. The summed E-state index contributed by atoms with van der Waals surface area (Å²) < 4.78 is 0. The summed E-state index contributed by atoms with van der Waals surface area (Å²) >= 11 is 0. The van der Waals surface area contributed by atoms with Gasteiger partial charge in [0.05, 0.1) is 0 Å². The van der Waals surface area contributed by atoms with Crippen molar-refractivity contribution in [3.63, 3.8) is 0 Å². The first-order chi connectivity index (χ1) is 7.75. The predicted octanol–water partition coefficient (Wildman–Crippen LogP) is 2.09. The average molecular weight is 212 g/mol. The maximum absolute atomic E-state index is 11.8. The quantitative estimate of drug-likeness (QED) is 0.626. The molecule has 80 valence electrons. The zero-order valence-electron chi connectivity index (χ0n) is 8.76. The number of ketones is 1. The van der Waals surface area contributed by atoms with Crippen molar-refractivity contribution in [2.24, 2.45) is 0 Å². The van der Waals surface area contributed by atoms with Gasteiger partial charge in [-0.05, 0) is 29.8 Å². The van der Waals surface area contributed by atoms with E-state index in [0.29, 0.717) is 17.7 Å². The number of nitrogen functional groups attached to an aromatic ring is 1. The smallest absolute Gasteiger partial charge is 0.168 e. The van der Waals surface area contributed by atoms with Crippen molar-refractivity contribution in [1.82, 2.24) is 4.98 Å². The predicted molar refractivity (Wildman–Crippen MR) is 63.1 cm³/mol. The van der Waals surface area contributed by atoms with Gasteiger partial charge in [-0.15, -0.1) is 0 Å². The molecule has 0 aliphatic heterocycles. The number of pyridine rings is 1. The fraction of sp³-hybridized carbons (Fsp3) is 0.0769. The second-order valence-electron chi connectivity index (χ2n) is 3.59. The van der Waals surface area contributed by atoms with Crippen LogP contribution in [0.1, 0.15) is 15.9 Å². The van der Waals surface area contributed by atoms with Gasteiger partial charge in [0.25, 0.3) is 0 Å². The first-order valence-electron chi connectivity index (χ1n) is 5.03. The Morgan fingerprint density at radius 1 is 1.25 bits per heavy atom. The summed E-state index contributed by atoms with van der Waals surface area (Å²) in [6.07, 6.45) is 3.59. The average Bonchev–Trinajstić information content (AvgIpc) is 2.30. The van der Waals surface area contributed by atoms with Gasteiger partial charge in [0, 0.05) is 30.1 Å². The summed E-state index contributed by atoms with van der Waals surface area (Å²) in [7, 11) is 0. The van der Waals surface area contributed by atoms with Crippen LogP contribution in [0.3, 0.4) is 0 Å². The Morgan fingerprint density at radius 3 is 2.81 bits per heavy atom. The van der Waals surface area contributed by atoms with Crippen LogP contribution in [0.2, 0.25) is 0 Å². The van der Waals surface area contributed by atoms with Crippen LogP contribution in [0.15, 0.2) is 48.8 Å². The van der Waals surface area contributed by atoms with Crippen molar-refractivity contribution in [1.29, 1.82) is 0 Å². The van der Waals surface area contributed by atoms with E-state index in [4.69, 9.17) is 5.73 Å². The molecule has 0 bridgehead atoms. The third-order valence-electron chi connectivity index (χ3n) is 2.30. The lowest BCUT2D eigenvalue weighted by Gasteiger charge is -2.01. The molecule has 3 nitrogen and oxygen atoms in total. The van der Waals surface area contributed by atoms with Crippen LogP contribution in [0.5, 0.6) is 0 Å². The van der Waals surface area contributed by atoms with E-state index in [1.165, 1.54) is 0 Å². The number of hydrogen-bond donors (Lipinski definition) is 1. The maximum atomic E-state index is 11.8. The molecule has 0 unspecified atom stereocenters. The number of nitrogens with two attached hydrogens (primary N) is 1. The molecule has 1 aromatic carbocycles. The molecule has 0 fully saturated rings. The van der Waals surface area contributed by atoms with E-state index in [1.54, 1.807) is 30.6 Å². The van der Waals surface area contributed by atoms with Crippen LogP contribution in [0.25, 0.3) is 0 Å². The molecule has 3 heteroatoms. The molecule has 0 aliphatic carbocycles. The van der Waals surface area contributed by atoms with Crippen molar-refractivity contribution in [3.05, 3.63) is 59.9 Å². The third kappa shape index (κ3) is 2.45. The van der Waals surface area contributed by atoms with Gasteiger partial charge in [0.1, 0.15) is 0 Å². The maximum Gasteiger partial charge on any atom is 0.168 e. The molecular formula is C13H12N2O. The summed E-state index contributed by atoms with van der Waals surface area (Å²) in [5.41, 5.74) is 7.88. The molecule has 1 heterocycles. The first kappa shape index (κ1) is 10.4. The second kappa shape index (κ2) is 4.57. The van der Waals surface area contributed by atoms with Crippen molar-refractivity contribution < 1.29 is 4.79 Å². The molecule has 0 atom stereocenters. The van der Waals surface area contributed by atoms with Gasteiger partial charge in [-0.25, -0.2) is 0 Å². The van der Waals surface area contributed by atoms with Crippen LogP contribution in [0, 0.1) is 0 Å². The number of rotatable bonds is 3. The Bertz CT molecular complexity index is 494. The van der Waals surface area contributed by atoms with Gasteiger partial charge < -0.3 is 5.73 Å². The van der Waals surface area contributed by atoms with Crippen LogP contribution in [0.4, 0.5) is 5.69 Å². The van der Waals surface area contributed by atoms with Gasteiger partial charge in [-0.2, -0.15) is 0 Å². The Hall–Kier alpha value is -2.16. The molecule has 0 saturated carbocycles. The van der Waals surface area contributed by atoms with E-state index in [0.717, 1.165) is 5.56 Å². The zero-order chi connectivity index (χ0) is 11.4. The van der Waals surface area contributed by atoms with E-state index in [9.17, 15) is 4.79 Å². The van der Waals surface area contributed by atoms with Gasteiger partial charge >= 0.3 is 0 Å². The number of carbonyl (C=O) groups excluding carboxylic acids is 1. The van der Waals surface area contributed by atoms with Crippen LogP contribution in [-0.4, -0.2) is 10.8 Å². The fourth-order valence-corrected chi connectivity index (χ4v) is 1.52. The highest BCUT2D eigenvalue weighted by atomic mass is 16.1. The third-order valence-corrected chi connectivity index (χ3v) is 2.30. The molecule has 0 saturated heterocycles. The van der Waals surface area contributed by atoms with E-state index >= 15 is 0 Å². The molecule has 0 aliphatic rings. The summed E-state index contributed by atoms with van der Waals surface area (Å²) in [4.78, 5) is 15.8. The molecule has 1 aromatic heterocycles. The highest BCUT2D eigenvalue weighted by molar-refractivity contribution is 5.97. The number of nitrogens with zero attached hydrogens (tertiary/aromatic N) is 1. The van der Waals surface area contributed by atoms with E-state index in [1.807, 2.05) is 18.2 Å². The largest absolute Gasteiger partial charge is 0.399 e. The lowest BCUT2D eigenvalue weighted by molar-refractivity contribution is 0.0992. The van der Waals surface area contributed by atoms with E-state index in [2.05, 4.69) is 4.98 Å². The van der Waals surface area contributed by atoms with Crippen molar-refractivity contribution >= 4 is 11.5 Å². The van der Waals surface area contributed by atoms with E-state index in [-0.39, 0.29) is 5.78 Å². The minimum absolute atomic E-state index is 0.0544. The Kier molecular flexibility index (Phi) is 2.96. The zero-order valence-corrected chi connectivity index (χ0v) is 8.76. The highest BCUT2D eigenvalue weighted by Gasteiger charge is 2.06. The summed E-state index contributed by atoms with van der Waals surface area (Å²) in [5.74, 6) is 0.0544. The normalized spacial score (nSPS) is 10.0. The Morgan fingerprint density at radius 2 is 2.12 bits per heavy atom. The van der Waals surface area contributed by atoms with Crippen LogP contribution >= 0.6 is 0 Å². The molecule has 0 amide bonds. The summed E-state index contributed by atoms with van der Waals surface area (Å²) in [5, 5.41) is 0. The van der Waals surface area contributed by atoms with Gasteiger partial charge in [-0.1, -0.05) is 12.1 Å². The number of carbonyl (C=O) groups is 1. The second-order valence-corrected chi connectivity index (χ2v) is 3.59. The Labute approximate surface area is 93.9 Å². The Balaban J connectivity index is 2.14. The number of anilines is 1. The van der Waals surface area contributed by atoms with Crippen molar-refractivity contribution in [3.8, 4) is 0 Å². The van der Waals surface area contributed by atoms with Crippen molar-refractivity contribution in [2.75, 3.05) is 5.73 Å². The van der Waals surface area contributed by atoms with Crippen LogP contribution in [-0.2, 0) is 6.42 Å². The fourth-order valence-electron chi connectivity index (χ4n) is 1.52. The highest BCUT2D eigenvalue weighted by Crippen LogP contribution is 2.10. The van der Waals surface area contributed by atoms with Crippen LogP contribution < -0.4 is 5.73 Å². The molecule has 2 N–H and O–H groups in total. The van der Waals surface area contributed by atoms with Gasteiger partial charge in [0.15, 0.2) is 5.78 Å². The van der Waals surface area contributed by atoms with E-state index < -0.39 is 0 Å². The minimum Gasteiger partial charge on any atom is -0.399 e. The number of aromatic nitrogens is 1. The SMILES string of the molecule is Nc1cccc(CC(=O)c2cccnc2)c1. The molecule has 2 rings (SSSR count). The summed E-state index contributed by atoms with van der Waals surface area (Å²) in [6.45, 7) is 0. The monoisotopic (exact) mass is 212 g/mol. The number of Topliss-reactive ketones (excluding diaryl/α,β-unsaturated/α-hetero) is 1. The molecular weight excluding hydrogens is 200 g/mol. The summed E-state index contributed by atoms with van der Waals surface area (Å²) in [6, 6.07) is 10.9. The standard InChI is InChI=1S/C13H12N2O/c14-12-5-1-3-10(7-12)8-13(16)11-4-2-6-15-9-11/h1-7,9H,8,14H2. The molecule has 16 heavy (non-hydrogen) atoms. The van der Waals surface area contributed by atoms with Gasteiger partial charge in [-0.3, -0.25) is 9.78 Å². The minimum atomic E-state index is 0.0544. The lowest BCUT2D eigenvalue weighted by atomic mass is 10.0.